The first kappa shape index (κ1) is 9.21. The van der Waals surface area contributed by atoms with Crippen LogP contribution in [-0.4, -0.2) is 13.1 Å². The first-order valence-corrected chi connectivity index (χ1v) is 6.39. The minimum Gasteiger partial charge on any atom is -0.317 e. The van der Waals surface area contributed by atoms with E-state index in [9.17, 15) is 0 Å². The van der Waals surface area contributed by atoms with Gasteiger partial charge in [-0.25, -0.2) is 0 Å². The maximum absolute atomic E-state index is 3.52. The van der Waals surface area contributed by atoms with Gasteiger partial charge in [-0.15, -0.1) is 0 Å². The van der Waals surface area contributed by atoms with Gasteiger partial charge in [0, 0.05) is 6.04 Å². The van der Waals surface area contributed by atoms with Gasteiger partial charge in [-0.2, -0.15) is 0 Å². The highest BCUT2D eigenvalue weighted by Gasteiger charge is 2.52. The van der Waals surface area contributed by atoms with Crippen LogP contribution in [0.3, 0.4) is 0 Å². The van der Waals surface area contributed by atoms with Crippen molar-refractivity contribution in [3.63, 3.8) is 0 Å². The molecule has 0 aromatic heterocycles. The zero-order chi connectivity index (χ0) is 9.76. The highest BCUT2D eigenvalue weighted by Crippen LogP contribution is 2.61. The van der Waals surface area contributed by atoms with E-state index in [0.29, 0.717) is 5.41 Å². The first-order chi connectivity index (χ1) is 6.72. The Kier molecular flexibility index (Phi) is 1.96. The Hall–Kier alpha value is -0.0400. The molecule has 80 valence electrons. The van der Waals surface area contributed by atoms with Gasteiger partial charge in [-0.1, -0.05) is 0 Å². The van der Waals surface area contributed by atoms with Crippen LogP contribution in [0.15, 0.2) is 0 Å². The van der Waals surface area contributed by atoms with Gasteiger partial charge < -0.3 is 5.32 Å². The number of hydrogen-bond donors (Lipinski definition) is 1. The molecule has 1 heteroatoms. The van der Waals surface area contributed by atoms with E-state index < -0.39 is 0 Å². The number of rotatable bonds is 2. The molecule has 0 heterocycles. The van der Waals surface area contributed by atoms with E-state index in [-0.39, 0.29) is 0 Å². The van der Waals surface area contributed by atoms with Crippen molar-refractivity contribution in [1.82, 2.24) is 5.32 Å². The minimum absolute atomic E-state index is 0.698. The molecule has 0 amide bonds. The molecule has 1 N–H and O–H groups in total. The normalized spacial score (nSPS) is 52.3. The second-order valence-corrected chi connectivity index (χ2v) is 6.29. The molecule has 4 rings (SSSR count). The van der Waals surface area contributed by atoms with E-state index in [4.69, 9.17) is 0 Å². The average Bonchev–Trinajstić information content (AvgIpc) is 2.14. The summed E-state index contributed by atoms with van der Waals surface area (Å²) in [5.74, 6) is 3.28. The summed E-state index contributed by atoms with van der Waals surface area (Å²) in [5, 5.41) is 3.52. The van der Waals surface area contributed by atoms with Gasteiger partial charge in [0.2, 0.25) is 0 Å². The van der Waals surface area contributed by atoms with Crippen LogP contribution < -0.4 is 5.32 Å². The van der Waals surface area contributed by atoms with Crippen molar-refractivity contribution < 1.29 is 0 Å². The second kappa shape index (κ2) is 2.98. The minimum atomic E-state index is 0.698. The average molecular weight is 193 g/mol. The lowest BCUT2D eigenvalue weighted by Crippen LogP contribution is -2.54. The lowest BCUT2D eigenvalue weighted by molar-refractivity contribution is -0.0691. The molecule has 4 bridgehead atoms. The Balaban J connectivity index is 1.87. The number of hydrogen-bond acceptors (Lipinski definition) is 1. The lowest BCUT2D eigenvalue weighted by atomic mass is 9.48. The van der Waals surface area contributed by atoms with Crippen LogP contribution in [0.5, 0.6) is 0 Å². The van der Waals surface area contributed by atoms with Crippen LogP contribution in [0.25, 0.3) is 0 Å². The fourth-order valence-electron chi connectivity index (χ4n) is 5.01. The molecule has 1 nitrogen and oxygen atoms in total. The molecule has 14 heavy (non-hydrogen) atoms. The zero-order valence-corrected chi connectivity index (χ0v) is 9.55. The van der Waals surface area contributed by atoms with Crippen molar-refractivity contribution in [3.8, 4) is 0 Å². The Morgan fingerprint density at radius 2 is 1.43 bits per heavy atom. The molecule has 0 saturated heterocycles. The summed E-state index contributed by atoms with van der Waals surface area (Å²) in [6.07, 6.45) is 9.28. The lowest BCUT2D eigenvalue weighted by Gasteiger charge is -2.59. The third kappa shape index (κ3) is 1.18. The molecule has 1 unspecified atom stereocenters. The fraction of sp³-hybridized carbons (Fsp3) is 1.00. The van der Waals surface area contributed by atoms with Gasteiger partial charge in [-0.3, -0.25) is 0 Å². The number of nitrogens with one attached hydrogen (secondary N) is 1. The first-order valence-electron chi connectivity index (χ1n) is 6.39. The predicted octanol–water partition coefficient (Wildman–Crippen LogP) is 2.81. The van der Waals surface area contributed by atoms with Gasteiger partial charge in [-0.05, 0) is 75.7 Å². The molecule has 4 saturated carbocycles. The van der Waals surface area contributed by atoms with Gasteiger partial charge in [0.25, 0.3) is 0 Å². The summed E-state index contributed by atoms with van der Waals surface area (Å²) in [7, 11) is 2.14. The van der Waals surface area contributed by atoms with E-state index >= 15 is 0 Å². The van der Waals surface area contributed by atoms with Crippen molar-refractivity contribution in [3.05, 3.63) is 0 Å². The van der Waals surface area contributed by atoms with Crippen LogP contribution >= 0.6 is 0 Å². The van der Waals surface area contributed by atoms with Crippen LogP contribution in [0.2, 0.25) is 0 Å². The van der Waals surface area contributed by atoms with E-state index in [0.717, 1.165) is 23.8 Å². The van der Waals surface area contributed by atoms with Gasteiger partial charge in [0.15, 0.2) is 0 Å². The second-order valence-electron chi connectivity index (χ2n) is 6.29. The molecule has 0 aliphatic heterocycles. The predicted molar refractivity (Wildman–Crippen MR) is 59.1 cm³/mol. The van der Waals surface area contributed by atoms with E-state index in [1.165, 1.54) is 19.3 Å². The van der Waals surface area contributed by atoms with Gasteiger partial charge in [0.1, 0.15) is 0 Å². The third-order valence-electron chi connectivity index (χ3n) is 5.44. The molecule has 4 fully saturated rings. The van der Waals surface area contributed by atoms with Crippen molar-refractivity contribution in [1.29, 1.82) is 0 Å². The summed E-state index contributed by atoms with van der Waals surface area (Å²) in [6.45, 7) is 2.41. The Bertz CT molecular complexity index is 198. The summed E-state index contributed by atoms with van der Waals surface area (Å²) in [4.78, 5) is 0. The molecule has 1 atom stereocenters. The summed E-state index contributed by atoms with van der Waals surface area (Å²) >= 11 is 0. The summed E-state index contributed by atoms with van der Waals surface area (Å²) in [6, 6.07) is 0.746. The third-order valence-corrected chi connectivity index (χ3v) is 5.44. The highest BCUT2D eigenvalue weighted by atomic mass is 14.9. The van der Waals surface area contributed by atoms with Crippen molar-refractivity contribution in [2.24, 2.45) is 23.2 Å². The molecular formula is C13H23N. The van der Waals surface area contributed by atoms with E-state index in [1.807, 2.05) is 0 Å². The summed E-state index contributed by atoms with van der Waals surface area (Å²) < 4.78 is 0. The monoisotopic (exact) mass is 193 g/mol. The van der Waals surface area contributed by atoms with Crippen LogP contribution in [0.4, 0.5) is 0 Å². The quantitative estimate of drug-likeness (QED) is 0.711. The molecule has 0 aromatic rings. The topological polar surface area (TPSA) is 12.0 Å². The largest absolute Gasteiger partial charge is 0.317 e. The van der Waals surface area contributed by atoms with Crippen LogP contribution in [-0.2, 0) is 0 Å². The van der Waals surface area contributed by atoms with Crippen molar-refractivity contribution in [2.75, 3.05) is 7.05 Å². The Labute approximate surface area is 87.7 Å². The maximum Gasteiger partial charge on any atom is 0.00924 e. The highest BCUT2D eigenvalue weighted by molar-refractivity contribution is 5.04. The molecular weight excluding hydrogens is 170 g/mol. The van der Waals surface area contributed by atoms with Crippen molar-refractivity contribution in [2.45, 2.75) is 51.5 Å². The molecule has 4 aliphatic rings. The Morgan fingerprint density at radius 3 is 1.79 bits per heavy atom. The Morgan fingerprint density at radius 1 is 1.00 bits per heavy atom. The molecule has 4 aliphatic carbocycles. The molecule has 0 spiro atoms. The summed E-state index contributed by atoms with van der Waals surface area (Å²) in [5.41, 5.74) is 0.698. The van der Waals surface area contributed by atoms with Crippen LogP contribution in [0, 0.1) is 23.2 Å². The van der Waals surface area contributed by atoms with Gasteiger partial charge >= 0.3 is 0 Å². The standard InChI is InChI=1S/C13H23N/c1-9(14-2)13-6-10-3-11(7-13)5-12(4-10)8-13/h9-12,14H,3-8H2,1-2H3. The van der Waals surface area contributed by atoms with Crippen LogP contribution in [0.1, 0.15) is 45.4 Å². The molecule has 0 radical (unpaired) electrons. The zero-order valence-electron chi connectivity index (χ0n) is 9.55. The molecule has 0 aromatic carbocycles. The maximum atomic E-state index is 3.52. The smallest absolute Gasteiger partial charge is 0.00924 e. The van der Waals surface area contributed by atoms with Crippen molar-refractivity contribution >= 4 is 0 Å². The fourth-order valence-corrected chi connectivity index (χ4v) is 5.01. The van der Waals surface area contributed by atoms with E-state index in [2.05, 4.69) is 19.3 Å². The van der Waals surface area contributed by atoms with E-state index in [1.54, 1.807) is 19.3 Å². The SMILES string of the molecule is CNC(C)C12CC3CC(CC(C3)C1)C2. The van der Waals surface area contributed by atoms with Gasteiger partial charge in [0.05, 0.1) is 0 Å².